The average Bonchev–Trinajstić information content (AvgIpc) is 2.82. The number of aryl methyl sites for hydroxylation is 1. The summed E-state index contributed by atoms with van der Waals surface area (Å²) in [4.78, 5) is 12.3. The van der Waals surface area contributed by atoms with Crippen molar-refractivity contribution in [2.45, 2.75) is 19.8 Å². The van der Waals surface area contributed by atoms with Crippen molar-refractivity contribution in [3.05, 3.63) is 71.2 Å². The molecule has 124 valence electrons. The summed E-state index contributed by atoms with van der Waals surface area (Å²) in [5, 5.41) is 4.01. The summed E-state index contributed by atoms with van der Waals surface area (Å²) < 4.78 is 15.7. The summed E-state index contributed by atoms with van der Waals surface area (Å²) in [6, 6.07) is 14.8. The number of benzene rings is 2. The fourth-order valence-corrected chi connectivity index (χ4v) is 3.08. The molecule has 4 heteroatoms. The summed E-state index contributed by atoms with van der Waals surface area (Å²) in [5.74, 6) is -0.262. The van der Waals surface area contributed by atoms with Crippen LogP contribution in [-0.2, 0) is 24.7 Å². The van der Waals surface area contributed by atoms with Crippen molar-refractivity contribution in [2.24, 2.45) is 7.05 Å². The van der Waals surface area contributed by atoms with E-state index in [1.54, 1.807) is 18.2 Å². The van der Waals surface area contributed by atoms with Crippen LogP contribution in [-0.4, -0.2) is 17.0 Å². The Morgan fingerprint density at radius 1 is 1.12 bits per heavy atom. The second kappa shape index (κ2) is 6.87. The number of aromatic nitrogens is 1. The van der Waals surface area contributed by atoms with Crippen LogP contribution < -0.4 is 5.32 Å². The number of carbonyl (C=O) groups is 1. The molecular formula is C20H21FN2O. The summed E-state index contributed by atoms with van der Waals surface area (Å²) >= 11 is 0. The van der Waals surface area contributed by atoms with Gasteiger partial charge in [0, 0.05) is 30.2 Å². The quantitative estimate of drug-likeness (QED) is 0.765. The molecule has 3 rings (SSSR count). The van der Waals surface area contributed by atoms with Crippen LogP contribution in [0.5, 0.6) is 0 Å². The number of para-hydroxylation sites is 1. The molecule has 1 amide bonds. The number of amides is 1. The molecule has 1 N–H and O–H groups in total. The minimum absolute atomic E-state index is 0.0363. The molecule has 24 heavy (non-hydrogen) atoms. The maximum Gasteiger partial charge on any atom is 0.224 e. The maximum atomic E-state index is 13.6. The van der Waals surface area contributed by atoms with Gasteiger partial charge in [0.1, 0.15) is 5.82 Å². The fourth-order valence-electron chi connectivity index (χ4n) is 3.08. The average molecular weight is 324 g/mol. The Bertz CT molecular complexity index is 882. The standard InChI is InChI=1S/C20H21FN2O/c1-14-17(16-8-4-6-10-19(16)23(14)2)13-20(24)22-12-11-15-7-3-5-9-18(15)21/h3-10H,11-13H2,1-2H3,(H,22,24). The van der Waals surface area contributed by atoms with Gasteiger partial charge in [-0.15, -0.1) is 0 Å². The van der Waals surface area contributed by atoms with E-state index in [-0.39, 0.29) is 11.7 Å². The van der Waals surface area contributed by atoms with Gasteiger partial charge in [0.2, 0.25) is 5.91 Å². The highest BCUT2D eigenvalue weighted by Gasteiger charge is 2.14. The van der Waals surface area contributed by atoms with Gasteiger partial charge in [-0.2, -0.15) is 0 Å². The van der Waals surface area contributed by atoms with Gasteiger partial charge in [-0.1, -0.05) is 36.4 Å². The first kappa shape index (κ1) is 16.2. The Kier molecular flexibility index (Phi) is 4.65. The SMILES string of the molecule is Cc1c(CC(=O)NCCc2ccccc2F)c2ccccc2n1C. The lowest BCUT2D eigenvalue weighted by atomic mass is 10.1. The van der Waals surface area contributed by atoms with Gasteiger partial charge in [-0.25, -0.2) is 4.39 Å². The molecule has 1 aromatic heterocycles. The Morgan fingerprint density at radius 2 is 1.83 bits per heavy atom. The van der Waals surface area contributed by atoms with E-state index in [2.05, 4.69) is 16.0 Å². The van der Waals surface area contributed by atoms with Crippen molar-refractivity contribution >= 4 is 16.8 Å². The van der Waals surface area contributed by atoms with Gasteiger partial charge in [0.15, 0.2) is 0 Å². The maximum absolute atomic E-state index is 13.6. The molecule has 3 aromatic rings. The van der Waals surface area contributed by atoms with Crippen molar-refractivity contribution in [1.82, 2.24) is 9.88 Å². The molecule has 0 fully saturated rings. The zero-order chi connectivity index (χ0) is 17.1. The molecule has 0 aliphatic heterocycles. The number of nitrogens with zero attached hydrogens (tertiary/aromatic N) is 1. The van der Waals surface area contributed by atoms with Gasteiger partial charge in [-0.3, -0.25) is 4.79 Å². The van der Waals surface area contributed by atoms with E-state index in [1.807, 2.05) is 32.2 Å². The van der Waals surface area contributed by atoms with Gasteiger partial charge >= 0.3 is 0 Å². The first-order chi connectivity index (χ1) is 11.6. The van der Waals surface area contributed by atoms with E-state index in [4.69, 9.17) is 0 Å². The van der Waals surface area contributed by atoms with E-state index < -0.39 is 0 Å². The number of halogens is 1. The first-order valence-corrected chi connectivity index (χ1v) is 8.11. The Balaban J connectivity index is 1.66. The number of rotatable bonds is 5. The predicted molar refractivity (Wildman–Crippen MR) is 94.5 cm³/mol. The fraction of sp³-hybridized carbons (Fsp3) is 0.250. The largest absolute Gasteiger partial charge is 0.355 e. The molecule has 3 nitrogen and oxygen atoms in total. The first-order valence-electron chi connectivity index (χ1n) is 8.11. The minimum atomic E-state index is -0.225. The second-order valence-corrected chi connectivity index (χ2v) is 6.01. The molecule has 0 radical (unpaired) electrons. The highest BCUT2D eigenvalue weighted by Crippen LogP contribution is 2.25. The second-order valence-electron chi connectivity index (χ2n) is 6.01. The molecular weight excluding hydrogens is 303 g/mol. The molecule has 0 aliphatic carbocycles. The van der Waals surface area contributed by atoms with Gasteiger partial charge in [-0.05, 0) is 36.6 Å². The van der Waals surface area contributed by atoms with Crippen LogP contribution in [0.2, 0.25) is 0 Å². The topological polar surface area (TPSA) is 34.0 Å². The summed E-state index contributed by atoms with van der Waals surface area (Å²) in [7, 11) is 2.01. The lowest BCUT2D eigenvalue weighted by molar-refractivity contribution is -0.120. The predicted octanol–water partition coefficient (Wildman–Crippen LogP) is 3.53. The van der Waals surface area contributed by atoms with Crippen LogP contribution in [0.25, 0.3) is 10.9 Å². The van der Waals surface area contributed by atoms with Crippen molar-refractivity contribution in [1.29, 1.82) is 0 Å². The third-order valence-corrected chi connectivity index (χ3v) is 4.54. The van der Waals surface area contributed by atoms with Crippen molar-refractivity contribution in [2.75, 3.05) is 6.54 Å². The summed E-state index contributed by atoms with van der Waals surface area (Å²) in [5.41, 5.74) is 3.90. The van der Waals surface area contributed by atoms with Crippen LogP contribution in [0.1, 0.15) is 16.8 Å². The zero-order valence-corrected chi connectivity index (χ0v) is 14.0. The van der Waals surface area contributed by atoms with E-state index >= 15 is 0 Å². The van der Waals surface area contributed by atoms with Crippen LogP contribution in [0.3, 0.4) is 0 Å². The van der Waals surface area contributed by atoms with Gasteiger partial charge in [0.25, 0.3) is 0 Å². The number of fused-ring (bicyclic) bond motifs is 1. The van der Waals surface area contributed by atoms with Crippen molar-refractivity contribution in [3.8, 4) is 0 Å². The molecule has 0 saturated carbocycles. The van der Waals surface area contributed by atoms with E-state index in [9.17, 15) is 9.18 Å². The van der Waals surface area contributed by atoms with E-state index in [0.29, 0.717) is 24.9 Å². The van der Waals surface area contributed by atoms with Gasteiger partial charge < -0.3 is 9.88 Å². The molecule has 0 bridgehead atoms. The highest BCUT2D eigenvalue weighted by molar-refractivity contribution is 5.90. The Hall–Kier alpha value is -2.62. The summed E-state index contributed by atoms with van der Waals surface area (Å²) in [6.45, 7) is 2.46. The molecule has 0 aliphatic rings. The lowest BCUT2D eigenvalue weighted by Gasteiger charge is -2.07. The van der Waals surface area contributed by atoms with Crippen LogP contribution >= 0.6 is 0 Å². The van der Waals surface area contributed by atoms with Crippen molar-refractivity contribution in [3.63, 3.8) is 0 Å². The Labute approximate surface area is 141 Å². The monoisotopic (exact) mass is 324 g/mol. The summed E-state index contributed by atoms with van der Waals surface area (Å²) in [6.07, 6.45) is 0.831. The third kappa shape index (κ3) is 3.18. The molecule has 0 saturated heterocycles. The minimum Gasteiger partial charge on any atom is -0.355 e. The Morgan fingerprint density at radius 3 is 2.62 bits per heavy atom. The molecule has 0 spiro atoms. The smallest absolute Gasteiger partial charge is 0.224 e. The molecule has 0 atom stereocenters. The van der Waals surface area contributed by atoms with Crippen LogP contribution in [0, 0.1) is 12.7 Å². The number of hydrogen-bond donors (Lipinski definition) is 1. The normalized spacial score (nSPS) is 11.0. The van der Waals surface area contributed by atoms with E-state index in [1.165, 1.54) is 6.07 Å². The number of nitrogens with one attached hydrogen (secondary N) is 1. The third-order valence-electron chi connectivity index (χ3n) is 4.54. The highest BCUT2D eigenvalue weighted by atomic mass is 19.1. The number of hydrogen-bond acceptors (Lipinski definition) is 1. The van der Waals surface area contributed by atoms with Crippen molar-refractivity contribution < 1.29 is 9.18 Å². The van der Waals surface area contributed by atoms with Crippen LogP contribution in [0.4, 0.5) is 4.39 Å². The lowest BCUT2D eigenvalue weighted by Crippen LogP contribution is -2.27. The van der Waals surface area contributed by atoms with Gasteiger partial charge in [0.05, 0.1) is 6.42 Å². The zero-order valence-electron chi connectivity index (χ0n) is 14.0. The number of carbonyl (C=O) groups excluding carboxylic acids is 1. The molecule has 0 unspecified atom stereocenters. The van der Waals surface area contributed by atoms with E-state index in [0.717, 1.165) is 22.2 Å². The molecule has 2 aromatic carbocycles. The van der Waals surface area contributed by atoms with Crippen LogP contribution in [0.15, 0.2) is 48.5 Å². The molecule has 1 heterocycles.